The van der Waals surface area contributed by atoms with Crippen LogP contribution in [0.4, 0.5) is 0 Å². The van der Waals surface area contributed by atoms with Crippen molar-refractivity contribution in [3.8, 4) is 11.3 Å². The number of aromatic nitrogens is 1. The van der Waals surface area contributed by atoms with Crippen molar-refractivity contribution >= 4 is 17.2 Å². The predicted molar refractivity (Wildman–Crippen MR) is 92.9 cm³/mol. The summed E-state index contributed by atoms with van der Waals surface area (Å²) in [4.78, 5) is 16.5. The largest absolute Gasteiger partial charge is 0.443 e. The van der Waals surface area contributed by atoms with E-state index in [2.05, 4.69) is 10.3 Å². The Hall–Kier alpha value is -2.44. The van der Waals surface area contributed by atoms with Gasteiger partial charge in [-0.2, -0.15) is 11.3 Å². The van der Waals surface area contributed by atoms with Crippen LogP contribution in [0.15, 0.2) is 51.9 Å². The van der Waals surface area contributed by atoms with E-state index >= 15 is 0 Å². The van der Waals surface area contributed by atoms with Gasteiger partial charge in [0.2, 0.25) is 0 Å². The molecule has 24 heavy (non-hydrogen) atoms. The van der Waals surface area contributed by atoms with E-state index in [1.807, 2.05) is 48.0 Å². The number of rotatable bonds is 5. The topological polar surface area (TPSA) is 75.4 Å². The second-order valence-electron chi connectivity index (χ2n) is 5.86. The first-order chi connectivity index (χ1) is 11.5. The molecule has 0 unspecified atom stereocenters. The molecule has 0 saturated heterocycles. The van der Waals surface area contributed by atoms with Gasteiger partial charge in [-0.3, -0.25) is 4.79 Å². The molecule has 0 bridgehead atoms. The Morgan fingerprint density at radius 2 is 2.08 bits per heavy atom. The molecule has 2 aromatic heterocycles. The molecule has 0 radical (unpaired) electrons. The number of nitrogens with one attached hydrogen (secondary N) is 1. The maximum absolute atomic E-state index is 12.4. The van der Waals surface area contributed by atoms with Crippen LogP contribution in [0, 0.1) is 6.92 Å². The van der Waals surface area contributed by atoms with Crippen molar-refractivity contribution in [2.45, 2.75) is 19.4 Å². The Morgan fingerprint density at radius 3 is 2.75 bits per heavy atom. The van der Waals surface area contributed by atoms with Gasteiger partial charge in [-0.1, -0.05) is 29.8 Å². The highest BCUT2D eigenvalue weighted by molar-refractivity contribution is 7.08. The van der Waals surface area contributed by atoms with Gasteiger partial charge >= 0.3 is 0 Å². The van der Waals surface area contributed by atoms with Crippen LogP contribution in [0.3, 0.4) is 0 Å². The highest BCUT2D eigenvalue weighted by Gasteiger charge is 2.26. The van der Waals surface area contributed by atoms with Crippen molar-refractivity contribution in [3.63, 3.8) is 0 Å². The van der Waals surface area contributed by atoms with Gasteiger partial charge in [0.1, 0.15) is 5.60 Å². The lowest BCUT2D eigenvalue weighted by Crippen LogP contribution is -2.38. The highest BCUT2D eigenvalue weighted by Crippen LogP contribution is 2.25. The van der Waals surface area contributed by atoms with Crippen LogP contribution in [0.5, 0.6) is 0 Å². The third-order valence-corrected chi connectivity index (χ3v) is 4.52. The van der Waals surface area contributed by atoms with Gasteiger partial charge in [0.05, 0.1) is 6.54 Å². The Bertz CT molecular complexity index is 820. The van der Waals surface area contributed by atoms with E-state index in [0.29, 0.717) is 5.76 Å². The zero-order chi connectivity index (χ0) is 17.2. The summed E-state index contributed by atoms with van der Waals surface area (Å²) in [5.41, 5.74) is 1.75. The van der Waals surface area contributed by atoms with Gasteiger partial charge in [-0.15, -0.1) is 0 Å². The quantitative estimate of drug-likeness (QED) is 0.745. The molecule has 0 saturated carbocycles. The number of nitrogens with zero attached hydrogens (tertiary/aromatic N) is 1. The zero-order valence-electron chi connectivity index (χ0n) is 13.4. The SMILES string of the molecule is Cc1ccc(-c2ocnc2C(=O)NC[C@](C)(O)c2ccsc2)cc1. The molecule has 124 valence electrons. The van der Waals surface area contributed by atoms with E-state index < -0.39 is 5.60 Å². The average molecular weight is 342 g/mol. The molecule has 6 heteroatoms. The molecule has 1 amide bonds. The summed E-state index contributed by atoms with van der Waals surface area (Å²) in [6.45, 7) is 3.74. The molecule has 1 atom stereocenters. The number of carbonyl (C=O) groups excluding carboxylic acids is 1. The first-order valence-corrected chi connectivity index (χ1v) is 8.45. The normalized spacial score (nSPS) is 13.5. The third-order valence-electron chi connectivity index (χ3n) is 3.83. The first kappa shape index (κ1) is 16.4. The predicted octanol–water partition coefficient (Wildman–Crippen LogP) is 3.35. The fourth-order valence-electron chi connectivity index (χ4n) is 2.33. The van der Waals surface area contributed by atoms with Gasteiger partial charge in [0.25, 0.3) is 5.91 Å². The number of benzene rings is 1. The summed E-state index contributed by atoms with van der Waals surface area (Å²) in [7, 11) is 0. The van der Waals surface area contributed by atoms with Crippen LogP contribution in [0.1, 0.15) is 28.5 Å². The maximum Gasteiger partial charge on any atom is 0.274 e. The van der Waals surface area contributed by atoms with E-state index in [4.69, 9.17) is 4.42 Å². The van der Waals surface area contributed by atoms with Crippen LogP contribution in [0.2, 0.25) is 0 Å². The number of thiophene rings is 1. The van der Waals surface area contributed by atoms with Crippen molar-refractivity contribution < 1.29 is 14.3 Å². The number of hydrogen-bond acceptors (Lipinski definition) is 5. The summed E-state index contributed by atoms with van der Waals surface area (Å²) in [5.74, 6) is 0.0394. The monoisotopic (exact) mass is 342 g/mol. The molecule has 0 spiro atoms. The van der Waals surface area contributed by atoms with Crippen molar-refractivity contribution in [1.82, 2.24) is 10.3 Å². The van der Waals surface area contributed by atoms with Crippen molar-refractivity contribution in [1.29, 1.82) is 0 Å². The number of aryl methyl sites for hydroxylation is 1. The minimum atomic E-state index is -1.14. The summed E-state index contributed by atoms with van der Waals surface area (Å²) < 4.78 is 5.38. The summed E-state index contributed by atoms with van der Waals surface area (Å²) in [5, 5.41) is 17.0. The number of hydrogen-bond donors (Lipinski definition) is 2. The molecule has 0 fully saturated rings. The molecule has 0 aliphatic heterocycles. The molecule has 3 aromatic rings. The van der Waals surface area contributed by atoms with Crippen LogP contribution < -0.4 is 5.32 Å². The summed E-state index contributed by atoms with van der Waals surface area (Å²) >= 11 is 1.50. The van der Waals surface area contributed by atoms with Crippen LogP contribution in [-0.2, 0) is 5.60 Å². The number of aliphatic hydroxyl groups is 1. The molecule has 0 aliphatic rings. The van der Waals surface area contributed by atoms with Crippen LogP contribution >= 0.6 is 11.3 Å². The zero-order valence-corrected chi connectivity index (χ0v) is 14.3. The van der Waals surface area contributed by atoms with E-state index in [0.717, 1.165) is 16.7 Å². The second-order valence-corrected chi connectivity index (χ2v) is 6.64. The molecule has 2 N–H and O–H groups in total. The van der Waals surface area contributed by atoms with Gasteiger partial charge in [-0.25, -0.2) is 4.98 Å². The summed E-state index contributed by atoms with van der Waals surface area (Å²) in [6, 6.07) is 9.49. The fraction of sp³-hybridized carbons (Fsp3) is 0.222. The van der Waals surface area contributed by atoms with E-state index in [1.54, 1.807) is 6.92 Å². The smallest absolute Gasteiger partial charge is 0.274 e. The highest BCUT2D eigenvalue weighted by atomic mass is 32.1. The first-order valence-electron chi connectivity index (χ1n) is 7.51. The fourth-order valence-corrected chi connectivity index (χ4v) is 3.11. The lowest BCUT2D eigenvalue weighted by Gasteiger charge is -2.22. The third kappa shape index (κ3) is 3.39. The van der Waals surface area contributed by atoms with Gasteiger partial charge in [0, 0.05) is 5.56 Å². The second kappa shape index (κ2) is 6.59. The molecular weight excluding hydrogens is 324 g/mol. The van der Waals surface area contributed by atoms with Crippen molar-refractivity contribution in [2.75, 3.05) is 6.54 Å². The number of amides is 1. The number of carbonyl (C=O) groups is 1. The van der Waals surface area contributed by atoms with E-state index in [1.165, 1.54) is 17.7 Å². The van der Waals surface area contributed by atoms with Crippen LogP contribution in [-0.4, -0.2) is 22.5 Å². The number of oxazole rings is 1. The van der Waals surface area contributed by atoms with Gasteiger partial charge in [0.15, 0.2) is 17.8 Å². The molecule has 3 rings (SSSR count). The van der Waals surface area contributed by atoms with Gasteiger partial charge < -0.3 is 14.8 Å². The Labute approximate surface area is 144 Å². The standard InChI is InChI=1S/C18H18N2O3S/c1-12-3-5-13(6-4-12)16-15(20-11-23-16)17(21)19-10-18(2,22)14-7-8-24-9-14/h3-9,11,22H,10H2,1-2H3,(H,19,21)/t18-/m0/s1. The molecule has 1 aromatic carbocycles. The Kier molecular flexibility index (Phi) is 4.51. The maximum atomic E-state index is 12.4. The van der Waals surface area contributed by atoms with Crippen molar-refractivity contribution in [3.05, 3.63) is 64.3 Å². The van der Waals surface area contributed by atoms with Crippen molar-refractivity contribution in [2.24, 2.45) is 0 Å². The lowest BCUT2D eigenvalue weighted by molar-refractivity contribution is 0.0529. The molecule has 2 heterocycles. The van der Waals surface area contributed by atoms with Gasteiger partial charge in [-0.05, 0) is 36.2 Å². The minimum Gasteiger partial charge on any atom is -0.443 e. The molecule has 5 nitrogen and oxygen atoms in total. The molecule has 0 aliphatic carbocycles. The average Bonchev–Trinajstić information content (AvgIpc) is 3.25. The summed E-state index contributed by atoms with van der Waals surface area (Å²) in [6.07, 6.45) is 1.25. The van der Waals surface area contributed by atoms with E-state index in [9.17, 15) is 9.90 Å². The molecular formula is C18H18N2O3S. The van der Waals surface area contributed by atoms with E-state index in [-0.39, 0.29) is 18.1 Å². The Morgan fingerprint density at radius 1 is 1.33 bits per heavy atom. The lowest BCUT2D eigenvalue weighted by atomic mass is 9.99. The Balaban J connectivity index is 1.75. The van der Waals surface area contributed by atoms with Crippen LogP contribution in [0.25, 0.3) is 11.3 Å². The minimum absolute atomic E-state index is 0.0861.